The largest absolute Gasteiger partial charge is 0.497 e. The molecule has 1 aromatic carbocycles. The molecule has 4 nitrogen and oxygen atoms in total. The van der Waals surface area contributed by atoms with E-state index >= 15 is 0 Å². The van der Waals surface area contributed by atoms with Gasteiger partial charge in [-0.15, -0.1) is 0 Å². The Kier molecular flexibility index (Phi) is 4.84. The van der Waals surface area contributed by atoms with Gasteiger partial charge in [0.1, 0.15) is 18.1 Å². The van der Waals surface area contributed by atoms with Crippen molar-refractivity contribution < 1.29 is 14.2 Å². The van der Waals surface area contributed by atoms with Crippen molar-refractivity contribution >= 4 is 0 Å². The molecule has 0 aromatic heterocycles. The molecule has 0 heterocycles. The SMILES string of the molecule is COc1ccc(OCCOC2CC(CN)C2)cc1. The van der Waals surface area contributed by atoms with E-state index in [2.05, 4.69) is 0 Å². The van der Waals surface area contributed by atoms with Crippen LogP contribution in [0, 0.1) is 5.92 Å². The molecule has 0 aliphatic heterocycles. The molecule has 2 rings (SSSR count). The first kappa shape index (κ1) is 13.2. The van der Waals surface area contributed by atoms with Gasteiger partial charge in [0.05, 0.1) is 19.8 Å². The fourth-order valence-corrected chi connectivity index (χ4v) is 2.05. The van der Waals surface area contributed by atoms with Crippen molar-refractivity contribution in [2.75, 3.05) is 26.9 Å². The Hall–Kier alpha value is -1.26. The van der Waals surface area contributed by atoms with Gasteiger partial charge in [-0.25, -0.2) is 0 Å². The molecule has 100 valence electrons. The van der Waals surface area contributed by atoms with Crippen LogP contribution in [0.1, 0.15) is 12.8 Å². The second kappa shape index (κ2) is 6.61. The minimum atomic E-state index is 0.387. The molecule has 0 unspecified atom stereocenters. The van der Waals surface area contributed by atoms with Gasteiger partial charge in [-0.1, -0.05) is 0 Å². The zero-order valence-electron chi connectivity index (χ0n) is 10.8. The van der Waals surface area contributed by atoms with Gasteiger partial charge in [0.2, 0.25) is 0 Å². The van der Waals surface area contributed by atoms with Crippen LogP contribution in [-0.2, 0) is 4.74 Å². The van der Waals surface area contributed by atoms with Gasteiger partial charge in [0, 0.05) is 0 Å². The van der Waals surface area contributed by atoms with Crippen molar-refractivity contribution in [2.24, 2.45) is 11.7 Å². The lowest BCUT2D eigenvalue weighted by atomic mass is 9.82. The molecular formula is C14H21NO3. The highest BCUT2D eigenvalue weighted by Gasteiger charge is 2.28. The summed E-state index contributed by atoms with van der Waals surface area (Å²) in [5.74, 6) is 2.34. The molecule has 0 amide bonds. The summed E-state index contributed by atoms with van der Waals surface area (Å²) < 4.78 is 16.3. The van der Waals surface area contributed by atoms with Crippen molar-refractivity contribution in [3.8, 4) is 11.5 Å². The predicted molar refractivity (Wildman–Crippen MR) is 70.0 cm³/mol. The van der Waals surface area contributed by atoms with Crippen molar-refractivity contribution in [1.29, 1.82) is 0 Å². The maximum Gasteiger partial charge on any atom is 0.119 e. The highest BCUT2D eigenvalue weighted by molar-refractivity contribution is 5.31. The van der Waals surface area contributed by atoms with E-state index in [-0.39, 0.29) is 0 Å². The van der Waals surface area contributed by atoms with Crippen LogP contribution in [0.5, 0.6) is 11.5 Å². The van der Waals surface area contributed by atoms with Crippen molar-refractivity contribution in [3.05, 3.63) is 24.3 Å². The fourth-order valence-electron chi connectivity index (χ4n) is 2.05. The third kappa shape index (κ3) is 3.62. The lowest BCUT2D eigenvalue weighted by molar-refractivity contribution is -0.0373. The van der Waals surface area contributed by atoms with Gasteiger partial charge in [-0.05, 0) is 49.6 Å². The van der Waals surface area contributed by atoms with Gasteiger partial charge in [0.25, 0.3) is 0 Å². The summed E-state index contributed by atoms with van der Waals surface area (Å²) in [4.78, 5) is 0. The Morgan fingerprint density at radius 2 is 1.78 bits per heavy atom. The highest BCUT2D eigenvalue weighted by Crippen LogP contribution is 2.28. The van der Waals surface area contributed by atoms with Gasteiger partial charge < -0.3 is 19.9 Å². The van der Waals surface area contributed by atoms with E-state index in [1.165, 1.54) is 0 Å². The molecule has 1 fully saturated rings. The Morgan fingerprint density at radius 1 is 1.11 bits per heavy atom. The standard InChI is InChI=1S/C14H21NO3/c1-16-12-2-4-13(5-3-12)17-6-7-18-14-8-11(9-14)10-15/h2-5,11,14H,6-10,15H2,1H3. The van der Waals surface area contributed by atoms with Crippen molar-refractivity contribution in [1.82, 2.24) is 0 Å². The minimum absolute atomic E-state index is 0.387. The second-order valence-electron chi connectivity index (χ2n) is 4.59. The molecule has 0 atom stereocenters. The highest BCUT2D eigenvalue weighted by atomic mass is 16.5. The molecule has 4 heteroatoms. The minimum Gasteiger partial charge on any atom is -0.497 e. The number of nitrogens with two attached hydrogens (primary N) is 1. The first-order valence-electron chi connectivity index (χ1n) is 6.40. The second-order valence-corrected chi connectivity index (χ2v) is 4.59. The van der Waals surface area contributed by atoms with Crippen LogP contribution >= 0.6 is 0 Å². The molecule has 0 radical (unpaired) electrons. The van der Waals surface area contributed by atoms with E-state index in [4.69, 9.17) is 19.9 Å². The Balaban J connectivity index is 1.57. The molecule has 0 spiro atoms. The zero-order chi connectivity index (χ0) is 12.8. The molecular weight excluding hydrogens is 230 g/mol. The third-order valence-corrected chi connectivity index (χ3v) is 3.29. The molecule has 0 bridgehead atoms. The fraction of sp³-hybridized carbons (Fsp3) is 0.571. The predicted octanol–water partition coefficient (Wildman–Crippen LogP) is 1.83. The summed E-state index contributed by atoms with van der Waals surface area (Å²) in [6.07, 6.45) is 2.58. The number of hydrogen-bond acceptors (Lipinski definition) is 4. The number of rotatable bonds is 7. The lowest BCUT2D eigenvalue weighted by Crippen LogP contribution is -2.36. The normalized spacial score (nSPS) is 22.3. The smallest absolute Gasteiger partial charge is 0.119 e. The number of hydrogen-bond donors (Lipinski definition) is 1. The summed E-state index contributed by atoms with van der Waals surface area (Å²) in [5.41, 5.74) is 5.56. The van der Waals surface area contributed by atoms with Gasteiger partial charge in [0.15, 0.2) is 0 Å². The first-order valence-corrected chi connectivity index (χ1v) is 6.40. The first-order chi connectivity index (χ1) is 8.81. The van der Waals surface area contributed by atoms with Crippen LogP contribution in [0.4, 0.5) is 0 Å². The van der Waals surface area contributed by atoms with Crippen LogP contribution in [0.25, 0.3) is 0 Å². The van der Waals surface area contributed by atoms with E-state index in [1.54, 1.807) is 7.11 Å². The lowest BCUT2D eigenvalue weighted by Gasteiger charge is -2.34. The summed E-state index contributed by atoms with van der Waals surface area (Å²) in [5, 5.41) is 0. The van der Waals surface area contributed by atoms with Crippen molar-refractivity contribution in [2.45, 2.75) is 18.9 Å². The summed E-state index contributed by atoms with van der Waals surface area (Å²) >= 11 is 0. The van der Waals surface area contributed by atoms with E-state index in [0.29, 0.717) is 25.2 Å². The number of methoxy groups -OCH3 is 1. The average Bonchev–Trinajstić information content (AvgIpc) is 2.37. The molecule has 1 saturated carbocycles. The van der Waals surface area contributed by atoms with Crippen LogP contribution < -0.4 is 15.2 Å². The van der Waals surface area contributed by atoms with E-state index in [9.17, 15) is 0 Å². The quantitative estimate of drug-likeness (QED) is 0.751. The van der Waals surface area contributed by atoms with Gasteiger partial charge >= 0.3 is 0 Å². The molecule has 0 saturated heterocycles. The van der Waals surface area contributed by atoms with Crippen LogP contribution in [-0.4, -0.2) is 33.0 Å². The van der Waals surface area contributed by atoms with Gasteiger partial charge in [-0.3, -0.25) is 0 Å². The van der Waals surface area contributed by atoms with Crippen LogP contribution in [0.15, 0.2) is 24.3 Å². The van der Waals surface area contributed by atoms with Crippen molar-refractivity contribution in [3.63, 3.8) is 0 Å². The Labute approximate surface area is 108 Å². The molecule has 2 N–H and O–H groups in total. The monoisotopic (exact) mass is 251 g/mol. The average molecular weight is 251 g/mol. The Morgan fingerprint density at radius 3 is 2.39 bits per heavy atom. The van der Waals surface area contributed by atoms with E-state index < -0.39 is 0 Å². The summed E-state index contributed by atoms with van der Waals surface area (Å²) in [6.45, 7) is 1.99. The zero-order valence-corrected chi connectivity index (χ0v) is 10.8. The molecule has 18 heavy (non-hydrogen) atoms. The van der Waals surface area contributed by atoms with E-state index in [0.717, 1.165) is 30.9 Å². The Bertz CT molecular complexity index is 347. The summed E-state index contributed by atoms with van der Waals surface area (Å²) in [6, 6.07) is 7.56. The molecule has 1 aliphatic carbocycles. The number of ether oxygens (including phenoxy) is 3. The van der Waals surface area contributed by atoms with Crippen LogP contribution in [0.3, 0.4) is 0 Å². The number of benzene rings is 1. The maximum atomic E-state index is 5.67. The summed E-state index contributed by atoms with van der Waals surface area (Å²) in [7, 11) is 1.65. The molecule has 1 aromatic rings. The third-order valence-electron chi connectivity index (χ3n) is 3.29. The van der Waals surface area contributed by atoms with Crippen LogP contribution in [0.2, 0.25) is 0 Å². The topological polar surface area (TPSA) is 53.7 Å². The maximum absolute atomic E-state index is 5.67. The van der Waals surface area contributed by atoms with Gasteiger partial charge in [-0.2, -0.15) is 0 Å². The van der Waals surface area contributed by atoms with E-state index in [1.807, 2.05) is 24.3 Å². The molecule has 1 aliphatic rings.